The van der Waals surface area contributed by atoms with Gasteiger partial charge in [-0.1, -0.05) is 42.1 Å². The predicted molar refractivity (Wildman–Crippen MR) is 104 cm³/mol. The zero-order valence-electron chi connectivity index (χ0n) is 15.0. The van der Waals surface area contributed by atoms with E-state index < -0.39 is 5.54 Å². The summed E-state index contributed by atoms with van der Waals surface area (Å²) in [4.78, 5) is 28.6. The van der Waals surface area contributed by atoms with Gasteiger partial charge in [-0.3, -0.25) is 14.5 Å². The van der Waals surface area contributed by atoms with E-state index in [2.05, 4.69) is 10.6 Å². The Balaban J connectivity index is 1.69. The molecule has 2 amide bonds. The molecule has 2 aromatic carbocycles. The minimum absolute atomic E-state index is 0.0448. The first-order valence-electron chi connectivity index (χ1n) is 8.62. The number of piperazine rings is 1. The number of anilines is 1. The molecular formula is C20H23N3O2S. The minimum Gasteiger partial charge on any atom is -0.353 e. The van der Waals surface area contributed by atoms with Gasteiger partial charge in [-0.2, -0.15) is 0 Å². The molecule has 1 heterocycles. The van der Waals surface area contributed by atoms with Crippen LogP contribution in [0.15, 0.2) is 64.4 Å². The Hall–Kier alpha value is -2.31. The fraction of sp³-hybridized carbons (Fsp3) is 0.300. The van der Waals surface area contributed by atoms with Gasteiger partial charge in [0.25, 0.3) is 0 Å². The SMILES string of the molecule is CC1(C)C(=O)NCCN1CC(=O)Nc1ccccc1Sc1ccccc1. The molecule has 0 unspecified atom stereocenters. The van der Waals surface area contributed by atoms with Gasteiger partial charge in [-0.05, 0) is 38.1 Å². The third-order valence-corrected chi connectivity index (χ3v) is 5.56. The smallest absolute Gasteiger partial charge is 0.240 e. The third kappa shape index (κ3) is 4.26. The molecule has 5 nitrogen and oxygen atoms in total. The van der Waals surface area contributed by atoms with Crippen molar-refractivity contribution in [1.29, 1.82) is 0 Å². The van der Waals surface area contributed by atoms with Gasteiger partial charge in [0.15, 0.2) is 0 Å². The van der Waals surface area contributed by atoms with Gasteiger partial charge in [0, 0.05) is 22.9 Å². The van der Waals surface area contributed by atoms with Crippen molar-refractivity contribution in [2.75, 3.05) is 25.0 Å². The van der Waals surface area contributed by atoms with Crippen molar-refractivity contribution in [2.24, 2.45) is 0 Å². The normalized spacial score (nSPS) is 16.8. The molecule has 0 aromatic heterocycles. The first kappa shape index (κ1) is 18.5. The summed E-state index contributed by atoms with van der Waals surface area (Å²) in [6.45, 7) is 5.09. The van der Waals surface area contributed by atoms with Crippen LogP contribution in [0.5, 0.6) is 0 Å². The molecule has 0 spiro atoms. The maximum absolute atomic E-state index is 12.6. The van der Waals surface area contributed by atoms with Gasteiger partial charge in [0.1, 0.15) is 0 Å². The van der Waals surface area contributed by atoms with E-state index in [1.807, 2.05) is 73.3 Å². The van der Waals surface area contributed by atoms with Crippen LogP contribution in [0.4, 0.5) is 5.69 Å². The molecule has 0 bridgehead atoms. The lowest BCUT2D eigenvalue weighted by atomic mass is 9.99. The zero-order valence-corrected chi connectivity index (χ0v) is 15.8. The predicted octanol–water partition coefficient (Wildman–Crippen LogP) is 2.99. The topological polar surface area (TPSA) is 61.4 Å². The number of hydrogen-bond acceptors (Lipinski definition) is 4. The molecule has 26 heavy (non-hydrogen) atoms. The van der Waals surface area contributed by atoms with Crippen molar-refractivity contribution in [3.8, 4) is 0 Å². The summed E-state index contributed by atoms with van der Waals surface area (Å²) in [5, 5.41) is 5.84. The Morgan fingerprint density at radius 3 is 2.62 bits per heavy atom. The summed E-state index contributed by atoms with van der Waals surface area (Å²) < 4.78 is 0. The van der Waals surface area contributed by atoms with Crippen molar-refractivity contribution in [3.05, 3.63) is 54.6 Å². The van der Waals surface area contributed by atoms with Crippen LogP contribution in [0, 0.1) is 0 Å². The lowest BCUT2D eigenvalue weighted by Crippen LogP contribution is -2.62. The molecule has 0 aliphatic carbocycles. The molecule has 0 saturated carbocycles. The largest absolute Gasteiger partial charge is 0.353 e. The quantitative estimate of drug-likeness (QED) is 0.851. The first-order valence-corrected chi connectivity index (χ1v) is 9.43. The summed E-state index contributed by atoms with van der Waals surface area (Å²) >= 11 is 1.61. The number of rotatable bonds is 5. The zero-order chi connectivity index (χ0) is 18.6. The van der Waals surface area contributed by atoms with Gasteiger partial charge < -0.3 is 10.6 Å². The second-order valence-corrected chi connectivity index (χ2v) is 7.81. The van der Waals surface area contributed by atoms with E-state index in [0.717, 1.165) is 15.5 Å². The van der Waals surface area contributed by atoms with Crippen LogP contribution in [0.3, 0.4) is 0 Å². The van der Waals surface area contributed by atoms with E-state index in [1.54, 1.807) is 11.8 Å². The summed E-state index contributed by atoms with van der Waals surface area (Å²) in [6.07, 6.45) is 0. The summed E-state index contributed by atoms with van der Waals surface area (Å²) in [6, 6.07) is 17.8. The lowest BCUT2D eigenvalue weighted by Gasteiger charge is -2.40. The number of nitrogens with one attached hydrogen (secondary N) is 2. The van der Waals surface area contributed by atoms with Gasteiger partial charge in [-0.25, -0.2) is 0 Å². The number of carbonyl (C=O) groups excluding carboxylic acids is 2. The Labute approximate surface area is 158 Å². The first-order chi connectivity index (χ1) is 12.5. The standard InChI is InChI=1S/C20H23N3O2S/c1-20(2)19(25)21-12-13-23(20)14-18(24)22-16-10-6-7-11-17(16)26-15-8-4-3-5-9-15/h3-11H,12-14H2,1-2H3,(H,21,25)(H,22,24). The number of hydrogen-bond donors (Lipinski definition) is 2. The van der Waals surface area contributed by atoms with E-state index >= 15 is 0 Å². The number of nitrogens with zero attached hydrogens (tertiary/aromatic N) is 1. The van der Waals surface area contributed by atoms with E-state index in [-0.39, 0.29) is 18.4 Å². The van der Waals surface area contributed by atoms with Crippen molar-refractivity contribution in [1.82, 2.24) is 10.2 Å². The van der Waals surface area contributed by atoms with Crippen LogP contribution >= 0.6 is 11.8 Å². The highest BCUT2D eigenvalue weighted by molar-refractivity contribution is 7.99. The average Bonchev–Trinajstić information content (AvgIpc) is 2.62. The summed E-state index contributed by atoms with van der Waals surface area (Å²) in [7, 11) is 0. The molecule has 0 radical (unpaired) electrons. The Kier molecular flexibility index (Phi) is 5.64. The monoisotopic (exact) mass is 369 g/mol. The van der Waals surface area contributed by atoms with Crippen molar-refractivity contribution < 1.29 is 9.59 Å². The van der Waals surface area contributed by atoms with E-state index in [1.165, 1.54) is 0 Å². The van der Waals surface area contributed by atoms with Crippen LogP contribution in [0.1, 0.15) is 13.8 Å². The molecule has 1 fully saturated rings. The molecule has 2 aromatic rings. The van der Waals surface area contributed by atoms with E-state index in [4.69, 9.17) is 0 Å². The highest BCUT2D eigenvalue weighted by Crippen LogP contribution is 2.33. The lowest BCUT2D eigenvalue weighted by molar-refractivity contribution is -0.136. The summed E-state index contributed by atoms with van der Waals surface area (Å²) in [5.41, 5.74) is 0.0964. The highest BCUT2D eigenvalue weighted by atomic mass is 32.2. The second-order valence-electron chi connectivity index (χ2n) is 6.70. The molecule has 1 aliphatic rings. The molecule has 0 atom stereocenters. The van der Waals surface area contributed by atoms with Gasteiger partial charge in [0.05, 0.1) is 17.8 Å². The summed E-state index contributed by atoms with van der Waals surface area (Å²) in [5.74, 6) is -0.162. The minimum atomic E-state index is -0.687. The number of carbonyl (C=O) groups is 2. The van der Waals surface area contributed by atoms with E-state index in [9.17, 15) is 9.59 Å². The van der Waals surface area contributed by atoms with Crippen molar-refractivity contribution >= 4 is 29.3 Å². The van der Waals surface area contributed by atoms with Gasteiger partial charge in [-0.15, -0.1) is 0 Å². The molecule has 6 heteroatoms. The fourth-order valence-electron chi connectivity index (χ4n) is 2.86. The number of amides is 2. The number of para-hydroxylation sites is 1. The van der Waals surface area contributed by atoms with Crippen LogP contribution < -0.4 is 10.6 Å². The van der Waals surface area contributed by atoms with Crippen LogP contribution in [-0.2, 0) is 9.59 Å². The van der Waals surface area contributed by atoms with Crippen molar-refractivity contribution in [2.45, 2.75) is 29.2 Å². The van der Waals surface area contributed by atoms with Crippen LogP contribution in [0.2, 0.25) is 0 Å². The van der Waals surface area contributed by atoms with Gasteiger partial charge >= 0.3 is 0 Å². The van der Waals surface area contributed by atoms with Crippen LogP contribution in [0.25, 0.3) is 0 Å². The average molecular weight is 369 g/mol. The molecular weight excluding hydrogens is 346 g/mol. The molecule has 136 valence electrons. The Morgan fingerprint density at radius 2 is 1.85 bits per heavy atom. The Bertz CT molecular complexity index is 793. The maximum Gasteiger partial charge on any atom is 0.240 e. The van der Waals surface area contributed by atoms with Crippen molar-refractivity contribution in [3.63, 3.8) is 0 Å². The maximum atomic E-state index is 12.6. The number of benzene rings is 2. The molecule has 3 rings (SSSR count). The fourth-order valence-corrected chi connectivity index (χ4v) is 3.78. The molecule has 1 saturated heterocycles. The Morgan fingerprint density at radius 1 is 1.15 bits per heavy atom. The second kappa shape index (κ2) is 7.93. The third-order valence-electron chi connectivity index (χ3n) is 4.48. The highest BCUT2D eigenvalue weighted by Gasteiger charge is 2.38. The van der Waals surface area contributed by atoms with E-state index in [0.29, 0.717) is 13.1 Å². The van der Waals surface area contributed by atoms with Gasteiger partial charge in [0.2, 0.25) is 11.8 Å². The molecule has 2 N–H and O–H groups in total. The van der Waals surface area contributed by atoms with Crippen LogP contribution in [-0.4, -0.2) is 41.9 Å². The molecule has 1 aliphatic heterocycles.